The fourth-order valence-corrected chi connectivity index (χ4v) is 4.39. The van der Waals surface area contributed by atoms with Crippen molar-refractivity contribution in [3.05, 3.63) is 108 Å². The SMILES string of the molecule is O=C(C1C(c2ccccc2)C1c1ccccc1)N(CCCl)Cc1ccccc1. The number of benzene rings is 3. The molecule has 0 radical (unpaired) electrons. The minimum Gasteiger partial charge on any atom is -0.337 e. The van der Waals surface area contributed by atoms with Crippen molar-refractivity contribution in [3.8, 4) is 0 Å². The van der Waals surface area contributed by atoms with Crippen LogP contribution in [0.4, 0.5) is 0 Å². The third-order valence-electron chi connectivity index (χ3n) is 5.56. The standard InChI is InChI=1S/C25H24ClNO/c26-16-17-27(18-19-10-4-1-5-11-19)25(28)24-22(20-12-6-2-7-13-20)23(24)21-14-8-3-9-15-21/h1-15,22-24H,16-18H2. The van der Waals surface area contributed by atoms with E-state index in [0.717, 1.165) is 5.56 Å². The summed E-state index contributed by atoms with van der Waals surface area (Å²) in [6, 6.07) is 30.9. The van der Waals surface area contributed by atoms with Gasteiger partial charge in [-0.2, -0.15) is 0 Å². The van der Waals surface area contributed by atoms with Crippen LogP contribution in [0.3, 0.4) is 0 Å². The van der Waals surface area contributed by atoms with Crippen molar-refractivity contribution < 1.29 is 4.79 Å². The maximum absolute atomic E-state index is 13.5. The zero-order valence-corrected chi connectivity index (χ0v) is 16.5. The van der Waals surface area contributed by atoms with Gasteiger partial charge in [0.05, 0.1) is 5.92 Å². The van der Waals surface area contributed by atoms with E-state index in [1.54, 1.807) is 0 Å². The number of amides is 1. The Morgan fingerprint density at radius 2 is 1.21 bits per heavy atom. The Kier molecular flexibility index (Phi) is 5.78. The molecule has 142 valence electrons. The summed E-state index contributed by atoms with van der Waals surface area (Å²) in [6.07, 6.45) is 0. The number of carbonyl (C=O) groups is 1. The second-order valence-corrected chi connectivity index (χ2v) is 7.71. The number of halogens is 1. The van der Waals surface area contributed by atoms with E-state index in [-0.39, 0.29) is 23.7 Å². The maximum Gasteiger partial charge on any atom is 0.227 e. The molecule has 0 aliphatic heterocycles. The fraction of sp³-hybridized carbons (Fsp3) is 0.240. The van der Waals surface area contributed by atoms with E-state index in [0.29, 0.717) is 19.0 Å². The van der Waals surface area contributed by atoms with Crippen LogP contribution >= 0.6 is 11.6 Å². The number of carbonyl (C=O) groups excluding carboxylic acids is 1. The van der Waals surface area contributed by atoms with Crippen LogP contribution in [-0.2, 0) is 11.3 Å². The van der Waals surface area contributed by atoms with E-state index in [1.807, 2.05) is 35.2 Å². The molecular formula is C25H24ClNO. The molecule has 3 heteroatoms. The Hall–Kier alpha value is -2.58. The highest BCUT2D eigenvalue weighted by Gasteiger charge is 2.56. The van der Waals surface area contributed by atoms with Gasteiger partial charge in [-0.1, -0.05) is 91.0 Å². The third kappa shape index (κ3) is 3.98. The van der Waals surface area contributed by atoms with Gasteiger partial charge >= 0.3 is 0 Å². The topological polar surface area (TPSA) is 20.3 Å². The number of nitrogens with zero attached hydrogens (tertiary/aromatic N) is 1. The van der Waals surface area contributed by atoms with Gasteiger partial charge in [-0.25, -0.2) is 0 Å². The molecule has 1 aliphatic rings. The molecule has 2 nitrogen and oxygen atoms in total. The molecule has 2 atom stereocenters. The third-order valence-corrected chi connectivity index (χ3v) is 5.73. The predicted molar refractivity (Wildman–Crippen MR) is 114 cm³/mol. The monoisotopic (exact) mass is 389 g/mol. The van der Waals surface area contributed by atoms with Gasteiger partial charge in [0.25, 0.3) is 0 Å². The van der Waals surface area contributed by atoms with Crippen molar-refractivity contribution in [2.75, 3.05) is 12.4 Å². The number of alkyl halides is 1. The van der Waals surface area contributed by atoms with Gasteiger partial charge in [0.15, 0.2) is 0 Å². The summed E-state index contributed by atoms with van der Waals surface area (Å²) >= 11 is 6.04. The summed E-state index contributed by atoms with van der Waals surface area (Å²) in [7, 11) is 0. The lowest BCUT2D eigenvalue weighted by Gasteiger charge is -2.22. The predicted octanol–water partition coefficient (Wildman–Crippen LogP) is 5.45. The molecule has 0 heterocycles. The first-order chi connectivity index (χ1) is 13.8. The van der Waals surface area contributed by atoms with Crippen LogP contribution in [0.2, 0.25) is 0 Å². The van der Waals surface area contributed by atoms with Crippen LogP contribution in [0.5, 0.6) is 0 Å². The van der Waals surface area contributed by atoms with Gasteiger partial charge in [-0.3, -0.25) is 4.79 Å². The lowest BCUT2D eigenvalue weighted by Crippen LogP contribution is -2.34. The molecule has 2 unspecified atom stereocenters. The summed E-state index contributed by atoms with van der Waals surface area (Å²) < 4.78 is 0. The highest BCUT2D eigenvalue weighted by molar-refractivity contribution is 6.18. The maximum atomic E-state index is 13.5. The van der Waals surface area contributed by atoms with Crippen LogP contribution in [0.1, 0.15) is 28.5 Å². The van der Waals surface area contributed by atoms with Gasteiger partial charge in [0.2, 0.25) is 5.91 Å². The Bertz CT molecular complexity index is 852. The first-order valence-corrected chi connectivity index (χ1v) is 10.3. The summed E-state index contributed by atoms with van der Waals surface area (Å²) in [6.45, 7) is 1.17. The molecule has 4 rings (SSSR count). The minimum absolute atomic E-state index is 0.0308. The first-order valence-electron chi connectivity index (χ1n) is 9.78. The van der Waals surface area contributed by atoms with Gasteiger partial charge in [0.1, 0.15) is 0 Å². The number of hydrogen-bond acceptors (Lipinski definition) is 1. The molecule has 1 aliphatic carbocycles. The minimum atomic E-state index is -0.0308. The molecule has 1 amide bonds. The van der Waals surface area contributed by atoms with Crippen molar-refractivity contribution in [3.63, 3.8) is 0 Å². The lowest BCUT2D eigenvalue weighted by molar-refractivity contribution is -0.133. The smallest absolute Gasteiger partial charge is 0.227 e. The van der Waals surface area contributed by atoms with Crippen LogP contribution in [0.25, 0.3) is 0 Å². The molecular weight excluding hydrogens is 366 g/mol. The molecule has 1 saturated carbocycles. The van der Waals surface area contributed by atoms with E-state index < -0.39 is 0 Å². The quantitative estimate of drug-likeness (QED) is 0.492. The van der Waals surface area contributed by atoms with Gasteiger partial charge in [-0.15, -0.1) is 11.6 Å². The first kappa shape index (κ1) is 18.8. The average molecular weight is 390 g/mol. The zero-order valence-electron chi connectivity index (χ0n) is 15.7. The van der Waals surface area contributed by atoms with E-state index in [1.165, 1.54) is 11.1 Å². The molecule has 3 aromatic carbocycles. The Morgan fingerprint density at radius 3 is 1.68 bits per heavy atom. The van der Waals surface area contributed by atoms with Crippen LogP contribution < -0.4 is 0 Å². The normalized spacial score (nSPS) is 20.5. The molecule has 0 N–H and O–H groups in total. The molecule has 0 bridgehead atoms. The molecule has 28 heavy (non-hydrogen) atoms. The van der Waals surface area contributed by atoms with Crippen molar-refractivity contribution in [2.45, 2.75) is 18.4 Å². The van der Waals surface area contributed by atoms with Crippen molar-refractivity contribution in [2.24, 2.45) is 5.92 Å². The second-order valence-electron chi connectivity index (χ2n) is 7.33. The Labute approximate surface area is 171 Å². The van der Waals surface area contributed by atoms with Crippen LogP contribution in [0, 0.1) is 5.92 Å². The average Bonchev–Trinajstić information content (AvgIpc) is 3.51. The highest BCUT2D eigenvalue weighted by Crippen LogP contribution is 2.61. The molecule has 1 fully saturated rings. The second kappa shape index (κ2) is 8.62. The molecule has 0 saturated heterocycles. The number of rotatable bonds is 7. The van der Waals surface area contributed by atoms with Crippen LogP contribution in [0.15, 0.2) is 91.0 Å². The largest absolute Gasteiger partial charge is 0.337 e. The van der Waals surface area contributed by atoms with E-state index in [4.69, 9.17) is 11.6 Å². The molecule has 0 spiro atoms. The summed E-state index contributed by atoms with van der Waals surface area (Å²) in [5.74, 6) is 1.07. The van der Waals surface area contributed by atoms with E-state index in [2.05, 4.69) is 60.7 Å². The summed E-state index contributed by atoms with van der Waals surface area (Å²) in [5, 5.41) is 0. The summed E-state index contributed by atoms with van der Waals surface area (Å²) in [5.41, 5.74) is 3.61. The van der Waals surface area contributed by atoms with Gasteiger partial charge in [0, 0.05) is 30.8 Å². The molecule has 3 aromatic rings. The zero-order chi connectivity index (χ0) is 19.3. The van der Waals surface area contributed by atoms with Gasteiger partial charge < -0.3 is 4.90 Å². The van der Waals surface area contributed by atoms with Crippen molar-refractivity contribution in [1.29, 1.82) is 0 Å². The van der Waals surface area contributed by atoms with Crippen molar-refractivity contribution in [1.82, 2.24) is 4.90 Å². The highest BCUT2D eigenvalue weighted by atomic mass is 35.5. The summed E-state index contributed by atoms with van der Waals surface area (Å²) in [4.78, 5) is 15.5. The number of hydrogen-bond donors (Lipinski definition) is 0. The van der Waals surface area contributed by atoms with E-state index >= 15 is 0 Å². The molecule has 0 aromatic heterocycles. The van der Waals surface area contributed by atoms with Crippen LogP contribution in [-0.4, -0.2) is 23.2 Å². The fourth-order valence-electron chi connectivity index (χ4n) is 4.18. The van der Waals surface area contributed by atoms with Crippen molar-refractivity contribution >= 4 is 17.5 Å². The Morgan fingerprint density at radius 1 is 0.750 bits per heavy atom. The van der Waals surface area contributed by atoms with Gasteiger partial charge in [-0.05, 0) is 16.7 Å². The lowest BCUT2D eigenvalue weighted by atomic mass is 10.0. The van der Waals surface area contributed by atoms with E-state index in [9.17, 15) is 4.79 Å². The Balaban J connectivity index is 1.61.